The van der Waals surface area contributed by atoms with Crippen LogP contribution in [-0.2, 0) is 18.6 Å². The first-order chi connectivity index (χ1) is 4.68. The summed E-state index contributed by atoms with van der Waals surface area (Å²) in [5.74, 6) is -0.270. The Labute approximate surface area is 59.4 Å². The number of hydrogen-bond acceptors (Lipinski definition) is 4. The van der Waals surface area contributed by atoms with Crippen molar-refractivity contribution in [2.24, 2.45) is 0 Å². The summed E-state index contributed by atoms with van der Waals surface area (Å²) in [5, 5.41) is 0. The van der Waals surface area contributed by atoms with Gasteiger partial charge >= 0.3 is 5.97 Å². The fourth-order valence-electron chi connectivity index (χ4n) is 0.768. The summed E-state index contributed by atoms with van der Waals surface area (Å²) in [4.78, 5) is 10.4. The monoisotopic (exact) mass is 164 g/mol. The van der Waals surface area contributed by atoms with Crippen LogP contribution in [0.2, 0.25) is 0 Å². The van der Waals surface area contributed by atoms with Crippen LogP contribution in [0.1, 0.15) is 12.8 Å². The Morgan fingerprint density at radius 2 is 2.50 bits per heavy atom. The van der Waals surface area contributed by atoms with Crippen molar-refractivity contribution in [2.45, 2.75) is 19.1 Å². The second-order valence-corrected chi connectivity index (χ2v) is 3.29. The second kappa shape index (κ2) is 3.17. The van der Waals surface area contributed by atoms with Crippen LogP contribution < -0.4 is 0 Å². The van der Waals surface area contributed by atoms with E-state index >= 15 is 0 Å². The van der Waals surface area contributed by atoms with E-state index in [1.807, 2.05) is 0 Å². The average molecular weight is 164 g/mol. The summed E-state index contributed by atoms with van der Waals surface area (Å²) in [6.07, 6.45) is 0.354. The van der Waals surface area contributed by atoms with Crippen LogP contribution in [-0.4, -0.2) is 18.9 Å². The predicted octanol–water partition coefficient (Wildman–Crippen LogP) is 0.771. The van der Waals surface area contributed by atoms with Gasteiger partial charge < -0.3 is 4.74 Å². The summed E-state index contributed by atoms with van der Waals surface area (Å²) in [7, 11) is -1.97. The van der Waals surface area contributed by atoms with Crippen LogP contribution in [0.15, 0.2) is 0 Å². The summed E-state index contributed by atoms with van der Waals surface area (Å²) >= 11 is 0. The number of cyclic esters (lactones) is 1. The number of esters is 1. The average Bonchev–Trinajstić information content (AvgIpc) is 2.13. The number of hydrogen-bond donors (Lipinski definition) is 0. The number of rotatable bonds is 2. The van der Waals surface area contributed by atoms with Gasteiger partial charge in [-0.15, -0.1) is 0 Å². The summed E-state index contributed by atoms with van der Waals surface area (Å²) in [6.45, 7) is 1.47. The van der Waals surface area contributed by atoms with E-state index in [1.165, 1.54) is 6.66 Å². The first kappa shape index (κ1) is 7.76. The van der Waals surface area contributed by atoms with Crippen LogP contribution in [0.3, 0.4) is 0 Å². The van der Waals surface area contributed by atoms with Gasteiger partial charge in [0.25, 0.3) is 0 Å². The maximum absolute atomic E-state index is 10.5. The molecule has 0 aliphatic carbocycles. The maximum Gasteiger partial charge on any atom is 0.308 e. The fraction of sp³-hybridized carbons (Fsp3) is 0.800. The van der Waals surface area contributed by atoms with E-state index in [9.17, 15) is 9.36 Å². The van der Waals surface area contributed by atoms with Gasteiger partial charge in [0.05, 0.1) is 6.42 Å². The maximum atomic E-state index is 10.5. The fourth-order valence-corrected chi connectivity index (χ4v) is 1.30. The molecule has 0 radical (unpaired) electrons. The molecule has 2 unspecified atom stereocenters. The molecule has 58 valence electrons. The summed E-state index contributed by atoms with van der Waals surface area (Å²) < 4.78 is 19.9. The van der Waals surface area contributed by atoms with Crippen LogP contribution in [0.25, 0.3) is 0 Å². The van der Waals surface area contributed by atoms with Gasteiger partial charge in [-0.2, -0.15) is 0 Å². The molecule has 0 N–H and O–H groups in total. The van der Waals surface area contributed by atoms with Crippen LogP contribution in [0.5, 0.6) is 0 Å². The van der Waals surface area contributed by atoms with Crippen molar-refractivity contribution in [1.82, 2.24) is 0 Å². The molecule has 1 aliphatic heterocycles. The third kappa shape index (κ3) is 2.12. The molecule has 1 heterocycles. The molecule has 1 rings (SSSR count). The molecule has 0 saturated carbocycles. The molecule has 4 nitrogen and oxygen atoms in total. The zero-order valence-electron chi connectivity index (χ0n) is 5.62. The van der Waals surface area contributed by atoms with E-state index in [4.69, 9.17) is 4.52 Å². The molecule has 2 atom stereocenters. The Kier molecular flexibility index (Phi) is 2.46. The zero-order valence-corrected chi connectivity index (χ0v) is 6.62. The Hall–Kier alpha value is -0.340. The van der Waals surface area contributed by atoms with E-state index in [0.29, 0.717) is 12.8 Å². The lowest BCUT2D eigenvalue weighted by Crippen LogP contribution is -2.06. The van der Waals surface area contributed by atoms with Crippen LogP contribution >= 0.6 is 8.03 Å². The molecular weight excluding hydrogens is 155 g/mol. The van der Waals surface area contributed by atoms with Gasteiger partial charge in [-0.05, 0) is 0 Å². The Bertz CT molecular complexity index is 167. The predicted molar refractivity (Wildman–Crippen MR) is 35.1 cm³/mol. The van der Waals surface area contributed by atoms with Gasteiger partial charge in [0, 0.05) is 13.1 Å². The molecular formula is C5H9O4P. The van der Waals surface area contributed by atoms with Gasteiger partial charge in [0.15, 0.2) is 8.03 Å². The molecule has 1 saturated heterocycles. The van der Waals surface area contributed by atoms with E-state index < -0.39 is 14.3 Å². The van der Waals surface area contributed by atoms with Gasteiger partial charge in [0.1, 0.15) is 0 Å². The highest BCUT2D eigenvalue weighted by atomic mass is 31.1. The van der Waals surface area contributed by atoms with Crippen molar-refractivity contribution < 1.29 is 18.6 Å². The third-order valence-corrected chi connectivity index (χ3v) is 1.74. The molecule has 0 aromatic carbocycles. The van der Waals surface area contributed by atoms with E-state index in [-0.39, 0.29) is 5.97 Å². The largest absolute Gasteiger partial charge is 0.435 e. The second-order valence-electron chi connectivity index (χ2n) is 2.07. The Balaban J connectivity index is 2.31. The van der Waals surface area contributed by atoms with Crippen LogP contribution in [0, 0.1) is 0 Å². The van der Waals surface area contributed by atoms with E-state index in [2.05, 4.69) is 4.74 Å². The Morgan fingerprint density at radius 1 is 1.80 bits per heavy atom. The normalized spacial score (nSPS) is 28.1. The summed E-state index contributed by atoms with van der Waals surface area (Å²) in [5.41, 5.74) is 0. The van der Waals surface area contributed by atoms with Gasteiger partial charge in [-0.25, -0.2) is 0 Å². The molecule has 1 aliphatic rings. The minimum absolute atomic E-state index is 0.270. The number of ether oxygens (including phenoxy) is 1. The lowest BCUT2D eigenvalue weighted by Gasteiger charge is -2.06. The zero-order chi connectivity index (χ0) is 7.56. The number of carbonyl (C=O) groups excluding carboxylic acids is 1. The molecule has 0 amide bonds. The quantitative estimate of drug-likeness (QED) is 0.446. The van der Waals surface area contributed by atoms with Crippen molar-refractivity contribution in [3.05, 3.63) is 0 Å². The molecule has 1 fully saturated rings. The minimum Gasteiger partial charge on any atom is -0.435 e. The SMILES string of the molecule is C[PH](=O)OC1CCC(=O)O1. The molecule has 5 heteroatoms. The standard InChI is InChI=1S/C5H9O4P/c1-10(7)9-5-3-2-4(6)8-5/h5,10H,2-3H2,1H3. The summed E-state index contributed by atoms with van der Waals surface area (Å²) in [6, 6.07) is 0. The molecule has 0 aromatic heterocycles. The Morgan fingerprint density at radius 3 is 2.90 bits per heavy atom. The molecule has 0 spiro atoms. The molecule has 10 heavy (non-hydrogen) atoms. The third-order valence-electron chi connectivity index (χ3n) is 1.14. The van der Waals surface area contributed by atoms with Crippen molar-refractivity contribution in [1.29, 1.82) is 0 Å². The minimum atomic E-state index is -1.97. The molecule has 0 aromatic rings. The smallest absolute Gasteiger partial charge is 0.308 e. The van der Waals surface area contributed by atoms with Gasteiger partial charge in [-0.1, -0.05) is 0 Å². The van der Waals surface area contributed by atoms with E-state index in [1.54, 1.807) is 0 Å². The highest BCUT2D eigenvalue weighted by Gasteiger charge is 2.24. The lowest BCUT2D eigenvalue weighted by molar-refractivity contribution is -0.150. The first-order valence-electron chi connectivity index (χ1n) is 3.05. The first-order valence-corrected chi connectivity index (χ1v) is 4.87. The van der Waals surface area contributed by atoms with Gasteiger partial charge in [-0.3, -0.25) is 13.9 Å². The number of carbonyl (C=O) groups is 1. The topological polar surface area (TPSA) is 52.6 Å². The van der Waals surface area contributed by atoms with Crippen LogP contribution in [0.4, 0.5) is 0 Å². The van der Waals surface area contributed by atoms with Crippen molar-refractivity contribution in [3.8, 4) is 0 Å². The highest BCUT2D eigenvalue weighted by molar-refractivity contribution is 7.38. The van der Waals surface area contributed by atoms with E-state index in [0.717, 1.165) is 0 Å². The lowest BCUT2D eigenvalue weighted by atomic mass is 10.4. The highest BCUT2D eigenvalue weighted by Crippen LogP contribution is 2.25. The van der Waals surface area contributed by atoms with Crippen molar-refractivity contribution in [3.63, 3.8) is 0 Å². The van der Waals surface area contributed by atoms with Crippen molar-refractivity contribution >= 4 is 14.0 Å². The van der Waals surface area contributed by atoms with Crippen molar-refractivity contribution in [2.75, 3.05) is 6.66 Å². The van der Waals surface area contributed by atoms with Gasteiger partial charge in [0.2, 0.25) is 6.29 Å². The molecule has 0 bridgehead atoms.